The Morgan fingerprint density at radius 3 is 1.52 bits per heavy atom. The molecule has 2 saturated carbocycles. The van der Waals surface area contributed by atoms with Crippen molar-refractivity contribution in [2.75, 3.05) is 0 Å². The van der Waals surface area contributed by atoms with Crippen molar-refractivity contribution in [1.82, 2.24) is 9.97 Å². The van der Waals surface area contributed by atoms with E-state index in [1.54, 1.807) is 36.4 Å². The van der Waals surface area contributed by atoms with E-state index in [2.05, 4.69) is 13.2 Å². The van der Waals surface area contributed by atoms with Crippen LogP contribution >= 0.6 is 0 Å². The fourth-order valence-electron chi connectivity index (χ4n) is 7.88. The van der Waals surface area contributed by atoms with Gasteiger partial charge in [-0.15, -0.1) is 0 Å². The molecule has 0 radical (unpaired) electrons. The van der Waals surface area contributed by atoms with Crippen LogP contribution in [0.15, 0.2) is 86.0 Å². The van der Waals surface area contributed by atoms with Crippen LogP contribution in [0.5, 0.6) is 17.2 Å². The molecule has 13 nitrogen and oxygen atoms in total. The lowest BCUT2D eigenvalue weighted by Gasteiger charge is -2.27. The van der Waals surface area contributed by atoms with Crippen LogP contribution in [-0.4, -0.2) is 57.8 Å². The summed E-state index contributed by atoms with van der Waals surface area (Å²) in [5, 5.41) is 0. The second-order valence-corrected chi connectivity index (χ2v) is 16.1. The van der Waals surface area contributed by atoms with Crippen LogP contribution in [0.2, 0.25) is 0 Å². The molecule has 3 aromatic carbocycles. The molecule has 2 aliphatic rings. The van der Waals surface area contributed by atoms with E-state index in [0.29, 0.717) is 99.5 Å². The SMILES string of the molecule is C=CC(=O)Cc1ccc(CCC(=O)OC2CCC(C(=O)Oc3ccc(OC(=O)C4CCC(OC(=O)CCc5ccc(OC(=O)C=C)cc5)CC4)c4nc(C)c(CC)nc34)CC2)cc1. The number of carbonyl (C=O) groups is 6. The molecule has 6 rings (SSSR count). The number of ether oxygens (including phenoxy) is 5. The van der Waals surface area contributed by atoms with E-state index in [1.165, 1.54) is 6.08 Å². The van der Waals surface area contributed by atoms with E-state index in [1.807, 2.05) is 38.1 Å². The summed E-state index contributed by atoms with van der Waals surface area (Å²) in [6.45, 7) is 10.7. The molecule has 4 aromatic rings. The normalized spacial score (nSPS) is 18.4. The predicted molar refractivity (Wildman–Crippen MR) is 233 cm³/mol. The number of benzene rings is 3. The Morgan fingerprint density at radius 1 is 0.603 bits per heavy atom. The molecule has 13 heteroatoms. The average molecular weight is 859 g/mol. The van der Waals surface area contributed by atoms with Crippen molar-refractivity contribution in [3.05, 3.63) is 114 Å². The first kappa shape index (κ1) is 46.0. The van der Waals surface area contributed by atoms with Gasteiger partial charge in [0.2, 0.25) is 0 Å². The van der Waals surface area contributed by atoms with Crippen LogP contribution in [0, 0.1) is 18.8 Å². The van der Waals surface area contributed by atoms with E-state index in [9.17, 15) is 28.8 Å². The van der Waals surface area contributed by atoms with Gasteiger partial charge in [-0.05, 0) is 125 Å². The minimum Gasteiger partial charge on any atom is -0.462 e. The molecule has 0 aliphatic heterocycles. The van der Waals surface area contributed by atoms with Gasteiger partial charge in [0.05, 0.1) is 23.2 Å². The highest BCUT2D eigenvalue weighted by Gasteiger charge is 2.32. The zero-order valence-electron chi connectivity index (χ0n) is 35.9. The number of nitrogens with zero attached hydrogens (tertiary/aromatic N) is 2. The summed E-state index contributed by atoms with van der Waals surface area (Å²) in [4.78, 5) is 84.8. The molecule has 0 bridgehead atoms. The first-order chi connectivity index (χ1) is 30.4. The number of rotatable bonds is 18. The fraction of sp³-hybridized carbons (Fsp3) is 0.400. The average Bonchev–Trinajstić information content (AvgIpc) is 3.29. The van der Waals surface area contributed by atoms with E-state index >= 15 is 0 Å². The minimum absolute atomic E-state index is 0.0480. The third-order valence-corrected chi connectivity index (χ3v) is 11.6. The van der Waals surface area contributed by atoms with Gasteiger partial charge in [0, 0.05) is 25.3 Å². The Bertz CT molecular complexity index is 2320. The summed E-state index contributed by atoms with van der Waals surface area (Å²) in [6, 6.07) is 17.6. The Morgan fingerprint density at radius 2 is 1.06 bits per heavy atom. The van der Waals surface area contributed by atoms with E-state index in [4.69, 9.17) is 33.7 Å². The lowest BCUT2D eigenvalue weighted by molar-refractivity contribution is -0.153. The lowest BCUT2D eigenvalue weighted by Crippen LogP contribution is -2.30. The molecule has 1 aromatic heterocycles. The van der Waals surface area contributed by atoms with Crippen LogP contribution in [-0.2, 0) is 63.9 Å². The van der Waals surface area contributed by atoms with E-state index in [0.717, 1.165) is 28.5 Å². The smallest absolute Gasteiger partial charge is 0.335 e. The maximum atomic E-state index is 13.5. The highest BCUT2D eigenvalue weighted by molar-refractivity contribution is 5.92. The molecule has 330 valence electrons. The van der Waals surface area contributed by atoms with Crippen LogP contribution in [0.3, 0.4) is 0 Å². The molecule has 0 atom stereocenters. The number of allylic oxidation sites excluding steroid dienone is 1. The number of ketones is 1. The van der Waals surface area contributed by atoms with Gasteiger partial charge in [-0.3, -0.25) is 24.0 Å². The summed E-state index contributed by atoms with van der Waals surface area (Å²) in [5.74, 6) is -2.02. The van der Waals surface area contributed by atoms with Crippen molar-refractivity contribution in [2.24, 2.45) is 11.8 Å². The van der Waals surface area contributed by atoms with Crippen molar-refractivity contribution in [3.63, 3.8) is 0 Å². The Hall–Kier alpha value is -6.50. The minimum atomic E-state index is -0.546. The molecular weight excluding hydrogens is 805 g/mol. The van der Waals surface area contributed by atoms with Gasteiger partial charge in [-0.2, -0.15) is 0 Å². The van der Waals surface area contributed by atoms with Gasteiger partial charge in [-0.1, -0.05) is 56.5 Å². The number of fused-ring (bicyclic) bond motifs is 1. The number of esters is 5. The molecule has 2 fully saturated rings. The van der Waals surface area contributed by atoms with Gasteiger partial charge in [-0.25, -0.2) is 14.8 Å². The number of aromatic nitrogens is 2. The van der Waals surface area contributed by atoms with Crippen LogP contribution < -0.4 is 14.2 Å². The van der Waals surface area contributed by atoms with E-state index < -0.39 is 29.7 Å². The van der Waals surface area contributed by atoms with Gasteiger partial charge in [0.25, 0.3) is 0 Å². The third kappa shape index (κ3) is 13.0. The van der Waals surface area contributed by atoms with Crippen molar-refractivity contribution in [2.45, 2.75) is 116 Å². The first-order valence-corrected chi connectivity index (χ1v) is 21.7. The highest BCUT2D eigenvalue weighted by Crippen LogP contribution is 2.36. The Balaban J connectivity index is 0.967. The lowest BCUT2D eigenvalue weighted by atomic mass is 9.87. The first-order valence-electron chi connectivity index (χ1n) is 21.7. The van der Waals surface area contributed by atoms with E-state index in [-0.39, 0.29) is 54.3 Å². The van der Waals surface area contributed by atoms with Gasteiger partial charge in [0.15, 0.2) is 17.3 Å². The quantitative estimate of drug-likeness (QED) is 0.0533. The molecule has 0 saturated heterocycles. The molecule has 63 heavy (non-hydrogen) atoms. The number of hydrogen-bond acceptors (Lipinski definition) is 13. The molecule has 1 heterocycles. The van der Waals surface area contributed by atoms with Gasteiger partial charge in [0.1, 0.15) is 29.0 Å². The molecule has 0 unspecified atom stereocenters. The molecule has 0 spiro atoms. The summed E-state index contributed by atoms with van der Waals surface area (Å²) in [7, 11) is 0. The topological polar surface area (TPSA) is 174 Å². The Kier molecular flexibility index (Phi) is 16.1. The van der Waals surface area contributed by atoms with Gasteiger partial charge >= 0.3 is 29.8 Å². The standard InChI is InChI=1S/C50H54N2O11/c1-5-37(53)30-34-10-8-32(9-11-34)14-28-45(55)60-39-24-18-36(19-25-39)50(58)63-43-27-26-42(47-48(43)52-41(6-2)31(4)51-47)62-49(57)35-16-22-40(23-17-35)61-46(56)29-15-33-12-20-38(21-13-33)59-44(54)7-3/h5,7-13,20-21,26-27,35-36,39-40H,1,3,6,14-19,22-25,28-30H2,2,4H3. The second kappa shape index (κ2) is 22.0. The van der Waals surface area contributed by atoms with Crippen molar-refractivity contribution in [3.8, 4) is 17.2 Å². The number of aryl methyl sites for hydroxylation is 4. The van der Waals surface area contributed by atoms with Crippen LogP contribution in [0.25, 0.3) is 11.0 Å². The summed E-state index contributed by atoms with van der Waals surface area (Å²) in [5.41, 5.74) is 4.79. The van der Waals surface area contributed by atoms with Crippen molar-refractivity contribution >= 4 is 46.7 Å². The highest BCUT2D eigenvalue weighted by atomic mass is 16.6. The zero-order valence-corrected chi connectivity index (χ0v) is 35.9. The summed E-state index contributed by atoms with van der Waals surface area (Å²) < 4.78 is 28.5. The monoisotopic (exact) mass is 858 g/mol. The number of carbonyl (C=O) groups excluding carboxylic acids is 6. The van der Waals surface area contributed by atoms with Crippen molar-refractivity contribution < 1.29 is 52.5 Å². The molecular formula is C50H54N2O11. The third-order valence-electron chi connectivity index (χ3n) is 11.6. The maximum Gasteiger partial charge on any atom is 0.335 e. The fourth-order valence-corrected chi connectivity index (χ4v) is 7.88. The van der Waals surface area contributed by atoms with Crippen molar-refractivity contribution in [1.29, 1.82) is 0 Å². The largest absolute Gasteiger partial charge is 0.462 e. The van der Waals surface area contributed by atoms with Crippen LogP contribution in [0.1, 0.15) is 99.2 Å². The Labute approximate surface area is 367 Å². The van der Waals surface area contributed by atoms with Gasteiger partial charge < -0.3 is 23.7 Å². The number of hydrogen-bond donors (Lipinski definition) is 0. The zero-order chi connectivity index (χ0) is 44.9. The molecule has 0 N–H and O–H groups in total. The maximum absolute atomic E-state index is 13.5. The molecule has 2 aliphatic carbocycles. The molecule has 0 amide bonds. The summed E-state index contributed by atoms with van der Waals surface area (Å²) >= 11 is 0. The summed E-state index contributed by atoms with van der Waals surface area (Å²) in [6.07, 6.45) is 8.15. The predicted octanol–water partition coefficient (Wildman–Crippen LogP) is 8.17. The second-order valence-electron chi connectivity index (χ2n) is 16.1. The van der Waals surface area contributed by atoms with Crippen LogP contribution in [0.4, 0.5) is 0 Å².